The van der Waals surface area contributed by atoms with Crippen LogP contribution < -0.4 is 0 Å². The second-order valence-corrected chi connectivity index (χ2v) is 7.70. The summed E-state index contributed by atoms with van der Waals surface area (Å²) in [6, 6.07) is 0. The summed E-state index contributed by atoms with van der Waals surface area (Å²) < 4.78 is 22.0. The van der Waals surface area contributed by atoms with Crippen molar-refractivity contribution in [2.45, 2.75) is 58.3 Å². The molecule has 1 heterocycles. The summed E-state index contributed by atoms with van der Waals surface area (Å²) in [7, 11) is 1.66. The fraction of sp³-hybridized carbons (Fsp3) is 0.941. The van der Waals surface area contributed by atoms with Gasteiger partial charge in [-0.1, -0.05) is 20.8 Å². The van der Waals surface area contributed by atoms with Gasteiger partial charge in [0.2, 0.25) is 0 Å². The van der Waals surface area contributed by atoms with Crippen molar-refractivity contribution in [3.63, 3.8) is 0 Å². The zero-order chi connectivity index (χ0) is 16.0. The number of hydrogen-bond donors (Lipinski definition) is 0. The topological polar surface area (TPSA) is 57.3 Å². The number of ketones is 1. The number of Topliss-reactive ketones (excluding diaryl/α,β-unsaturated/α-hetero) is 1. The van der Waals surface area contributed by atoms with Gasteiger partial charge in [-0.3, -0.25) is 4.79 Å². The fourth-order valence-electron chi connectivity index (χ4n) is 4.62. The number of carbonyl (C=O) groups excluding carboxylic acids is 1. The maximum absolute atomic E-state index is 12.6. The highest BCUT2D eigenvalue weighted by Crippen LogP contribution is 2.60. The van der Waals surface area contributed by atoms with Crippen LogP contribution in [0, 0.1) is 16.7 Å². The van der Waals surface area contributed by atoms with Crippen LogP contribution in [0.3, 0.4) is 0 Å². The van der Waals surface area contributed by atoms with E-state index in [-0.39, 0.29) is 35.9 Å². The molecule has 0 N–H and O–H groups in total. The molecule has 22 heavy (non-hydrogen) atoms. The normalized spacial score (nSPS) is 42.6. The first-order valence-corrected chi connectivity index (χ1v) is 8.29. The Morgan fingerprint density at radius 1 is 1.27 bits per heavy atom. The predicted octanol–water partition coefficient (Wildman–Crippen LogP) is 2.17. The second kappa shape index (κ2) is 5.86. The maximum Gasteiger partial charge on any atom is 0.170 e. The lowest BCUT2D eigenvalue weighted by Gasteiger charge is -2.54. The van der Waals surface area contributed by atoms with Crippen molar-refractivity contribution in [1.82, 2.24) is 0 Å². The molecule has 5 nitrogen and oxygen atoms in total. The van der Waals surface area contributed by atoms with E-state index in [1.807, 2.05) is 0 Å². The Kier molecular flexibility index (Phi) is 4.36. The van der Waals surface area contributed by atoms with Gasteiger partial charge < -0.3 is 18.9 Å². The van der Waals surface area contributed by atoms with Gasteiger partial charge in [0.15, 0.2) is 5.78 Å². The Morgan fingerprint density at radius 3 is 2.77 bits per heavy atom. The first kappa shape index (κ1) is 16.4. The average molecular weight is 312 g/mol. The van der Waals surface area contributed by atoms with E-state index in [9.17, 15) is 4.79 Å². The van der Waals surface area contributed by atoms with Crippen molar-refractivity contribution in [3.8, 4) is 0 Å². The monoisotopic (exact) mass is 312 g/mol. The van der Waals surface area contributed by atoms with Crippen LogP contribution in [-0.4, -0.2) is 51.2 Å². The number of methoxy groups -OCH3 is 1. The van der Waals surface area contributed by atoms with Gasteiger partial charge in [0.05, 0.1) is 25.4 Å². The van der Waals surface area contributed by atoms with Crippen molar-refractivity contribution < 1.29 is 23.7 Å². The van der Waals surface area contributed by atoms with Gasteiger partial charge in [-0.2, -0.15) is 0 Å². The third kappa shape index (κ3) is 2.62. The zero-order valence-electron chi connectivity index (χ0n) is 14.1. The molecule has 2 saturated carbocycles. The van der Waals surface area contributed by atoms with Crippen molar-refractivity contribution >= 4 is 5.78 Å². The molecular formula is C17H28O5. The smallest absolute Gasteiger partial charge is 0.170 e. The third-order valence-corrected chi connectivity index (χ3v) is 6.08. The summed E-state index contributed by atoms with van der Waals surface area (Å²) in [5.41, 5.74) is -0.303. The van der Waals surface area contributed by atoms with Gasteiger partial charge in [-0.15, -0.1) is 0 Å². The van der Waals surface area contributed by atoms with Crippen LogP contribution >= 0.6 is 0 Å². The number of rotatable bonds is 6. The van der Waals surface area contributed by atoms with E-state index in [1.54, 1.807) is 7.11 Å². The average Bonchev–Trinajstić information content (AvgIpc) is 3.24. The van der Waals surface area contributed by atoms with Crippen molar-refractivity contribution in [1.29, 1.82) is 0 Å². The fourth-order valence-corrected chi connectivity index (χ4v) is 4.62. The largest absolute Gasteiger partial charge is 0.382 e. The molecule has 1 aliphatic heterocycles. The van der Waals surface area contributed by atoms with Gasteiger partial charge in [-0.05, 0) is 30.6 Å². The molecule has 0 aromatic rings. The van der Waals surface area contributed by atoms with Crippen LogP contribution in [0.15, 0.2) is 0 Å². The minimum atomic E-state index is -0.252. The van der Waals surface area contributed by atoms with E-state index in [0.717, 1.165) is 19.3 Å². The van der Waals surface area contributed by atoms with Crippen LogP contribution in [0.4, 0.5) is 0 Å². The molecule has 0 unspecified atom stereocenters. The Bertz CT molecular complexity index is 435. The Labute approximate surface area is 132 Å². The molecular weight excluding hydrogens is 284 g/mol. The second-order valence-electron chi connectivity index (χ2n) is 7.70. The van der Waals surface area contributed by atoms with Gasteiger partial charge >= 0.3 is 0 Å². The first-order chi connectivity index (χ1) is 10.4. The van der Waals surface area contributed by atoms with Gasteiger partial charge in [-0.25, -0.2) is 0 Å². The molecule has 2 aliphatic carbocycles. The van der Waals surface area contributed by atoms with E-state index in [1.165, 1.54) is 0 Å². The molecule has 0 bridgehead atoms. The molecule has 0 aromatic heterocycles. The lowest BCUT2D eigenvalue weighted by atomic mass is 9.50. The highest BCUT2D eigenvalue weighted by molar-refractivity contribution is 5.92. The van der Waals surface area contributed by atoms with Gasteiger partial charge in [0, 0.05) is 12.5 Å². The summed E-state index contributed by atoms with van der Waals surface area (Å²) in [6.45, 7) is 7.99. The van der Waals surface area contributed by atoms with Crippen LogP contribution in [0.1, 0.15) is 40.0 Å². The molecule has 0 aromatic carbocycles. The summed E-state index contributed by atoms with van der Waals surface area (Å²) in [5.74, 6) is 0.630. The molecule has 5 atom stereocenters. The number of hydrogen-bond acceptors (Lipinski definition) is 5. The quantitative estimate of drug-likeness (QED) is 0.427. The molecule has 3 fully saturated rings. The first-order valence-electron chi connectivity index (χ1n) is 8.29. The van der Waals surface area contributed by atoms with Crippen LogP contribution in [0.5, 0.6) is 0 Å². The molecule has 0 radical (unpaired) electrons. The van der Waals surface area contributed by atoms with E-state index in [0.29, 0.717) is 24.9 Å². The van der Waals surface area contributed by atoms with Crippen molar-refractivity contribution in [2.24, 2.45) is 16.7 Å². The number of carbonyl (C=O) groups is 1. The Balaban J connectivity index is 1.63. The van der Waals surface area contributed by atoms with Crippen LogP contribution in [-0.2, 0) is 23.7 Å². The summed E-state index contributed by atoms with van der Waals surface area (Å²) in [5, 5.41) is 0. The van der Waals surface area contributed by atoms with E-state index in [2.05, 4.69) is 20.8 Å². The lowest BCUT2D eigenvalue weighted by molar-refractivity contribution is -0.183. The predicted molar refractivity (Wildman–Crippen MR) is 80.5 cm³/mol. The molecule has 0 spiro atoms. The van der Waals surface area contributed by atoms with Crippen LogP contribution in [0.2, 0.25) is 0 Å². The standard InChI is InChI=1S/C17H28O5/c1-16(2)12-9-11-14(22-11)15(18)17(12,3)6-5-13(16)21-10-20-8-7-19-4/h11-14H,5-10H2,1-4H3/t11-,12+,13-,14-,17+/m0/s1. The highest BCUT2D eigenvalue weighted by atomic mass is 16.7. The third-order valence-electron chi connectivity index (χ3n) is 6.08. The Hall–Kier alpha value is -0.490. The van der Waals surface area contributed by atoms with Crippen molar-refractivity contribution in [2.75, 3.05) is 27.1 Å². The van der Waals surface area contributed by atoms with E-state index < -0.39 is 0 Å². The number of fused-ring (bicyclic) bond motifs is 2. The minimum Gasteiger partial charge on any atom is -0.382 e. The molecule has 126 valence electrons. The zero-order valence-corrected chi connectivity index (χ0v) is 14.1. The summed E-state index contributed by atoms with van der Waals surface area (Å²) in [4.78, 5) is 12.6. The molecule has 3 aliphatic rings. The van der Waals surface area contributed by atoms with Gasteiger partial charge in [0.1, 0.15) is 12.9 Å². The lowest BCUT2D eigenvalue weighted by Crippen LogP contribution is -2.57. The van der Waals surface area contributed by atoms with E-state index >= 15 is 0 Å². The summed E-state index contributed by atoms with van der Waals surface area (Å²) >= 11 is 0. The van der Waals surface area contributed by atoms with Gasteiger partial charge in [0.25, 0.3) is 0 Å². The minimum absolute atomic E-state index is 0.0514. The van der Waals surface area contributed by atoms with E-state index in [4.69, 9.17) is 18.9 Å². The Morgan fingerprint density at radius 2 is 2.05 bits per heavy atom. The van der Waals surface area contributed by atoms with Crippen LogP contribution in [0.25, 0.3) is 0 Å². The SMILES string of the molecule is COCCOCO[C@H]1CC[C@@]2(C)C(=O)[C@H]3O[C@H]3C[C@@H]2C1(C)C. The summed E-state index contributed by atoms with van der Waals surface area (Å²) in [6.07, 6.45) is 2.92. The molecule has 5 heteroatoms. The number of epoxide rings is 1. The highest BCUT2D eigenvalue weighted by Gasteiger charge is 2.65. The molecule has 0 amide bonds. The molecule has 1 saturated heterocycles. The molecule has 3 rings (SSSR count). The van der Waals surface area contributed by atoms with Crippen molar-refractivity contribution in [3.05, 3.63) is 0 Å². The number of ether oxygens (including phenoxy) is 4. The maximum atomic E-state index is 12.6.